The lowest BCUT2D eigenvalue weighted by Gasteiger charge is -2.42. The van der Waals surface area contributed by atoms with Crippen molar-refractivity contribution in [3.05, 3.63) is 59.7 Å². The Morgan fingerprint density at radius 1 is 0.667 bits per heavy atom. The first-order valence-electron chi connectivity index (χ1n) is 11.9. The predicted molar refractivity (Wildman–Crippen MR) is 136 cm³/mol. The van der Waals surface area contributed by atoms with Gasteiger partial charge in [-0.3, -0.25) is 29.0 Å². The van der Waals surface area contributed by atoms with E-state index in [2.05, 4.69) is 10.6 Å². The van der Waals surface area contributed by atoms with Crippen LogP contribution < -0.4 is 10.6 Å². The highest BCUT2D eigenvalue weighted by atomic mass is 16.4. The minimum atomic E-state index is -1.67. The van der Waals surface area contributed by atoms with Crippen molar-refractivity contribution >= 4 is 53.0 Å². The summed E-state index contributed by atoms with van der Waals surface area (Å²) in [6.07, 6.45) is 0.0238. The zero-order valence-corrected chi connectivity index (χ0v) is 21.1. The van der Waals surface area contributed by atoms with E-state index in [1.807, 2.05) is 0 Å². The number of hydrogen-bond acceptors (Lipinski definition) is 7. The fraction of sp³-hybridized carbons (Fsp3) is 0.269. The lowest BCUT2D eigenvalue weighted by Crippen LogP contribution is -2.66. The van der Waals surface area contributed by atoms with Gasteiger partial charge in [-0.15, -0.1) is 0 Å². The molecule has 0 spiro atoms. The third-order valence-corrected chi connectivity index (χ3v) is 6.41. The Morgan fingerprint density at radius 2 is 1.00 bits per heavy atom. The molecule has 204 valence electrons. The lowest BCUT2D eigenvalue weighted by atomic mass is 9.78. The van der Waals surface area contributed by atoms with Crippen LogP contribution in [0.3, 0.4) is 0 Å². The first-order valence-corrected chi connectivity index (χ1v) is 11.9. The van der Waals surface area contributed by atoms with E-state index in [9.17, 15) is 33.6 Å². The monoisotopic (exact) mass is 538 g/mol. The molecule has 6 amide bonds. The van der Waals surface area contributed by atoms with E-state index in [-0.39, 0.29) is 35.3 Å². The van der Waals surface area contributed by atoms with E-state index in [1.165, 1.54) is 48.5 Å². The second-order valence-electron chi connectivity index (χ2n) is 8.72. The summed E-state index contributed by atoms with van der Waals surface area (Å²) in [5, 5.41) is 22.9. The van der Waals surface area contributed by atoms with Crippen molar-refractivity contribution in [2.45, 2.75) is 26.7 Å². The Labute approximate surface area is 222 Å². The number of anilines is 2. The average molecular weight is 539 g/mol. The first-order chi connectivity index (χ1) is 18.4. The van der Waals surface area contributed by atoms with Gasteiger partial charge in [0.05, 0.1) is 11.1 Å². The second kappa shape index (κ2) is 11.5. The number of amides is 6. The van der Waals surface area contributed by atoms with Crippen LogP contribution in [-0.4, -0.2) is 74.7 Å². The Hall–Kier alpha value is -5.07. The van der Waals surface area contributed by atoms with Crippen molar-refractivity contribution in [1.29, 1.82) is 0 Å². The van der Waals surface area contributed by atoms with Gasteiger partial charge in [0.15, 0.2) is 0 Å². The summed E-state index contributed by atoms with van der Waals surface area (Å²) in [5.74, 6) is -5.59. The molecule has 0 aliphatic carbocycles. The van der Waals surface area contributed by atoms with Gasteiger partial charge >= 0.3 is 18.0 Å². The lowest BCUT2D eigenvalue weighted by molar-refractivity contribution is -0.161. The summed E-state index contributed by atoms with van der Waals surface area (Å²) in [4.78, 5) is 88.5. The van der Waals surface area contributed by atoms with Gasteiger partial charge in [-0.2, -0.15) is 0 Å². The molecule has 0 saturated carbocycles. The summed E-state index contributed by atoms with van der Waals surface area (Å²) >= 11 is 0. The van der Waals surface area contributed by atoms with Gasteiger partial charge in [-0.1, -0.05) is 13.8 Å². The van der Waals surface area contributed by atoms with Crippen molar-refractivity contribution in [3.8, 4) is 0 Å². The number of nitrogens with zero attached hydrogens (tertiary/aromatic N) is 2. The Balaban J connectivity index is 1.79. The molecule has 0 aromatic heterocycles. The van der Waals surface area contributed by atoms with E-state index < -0.39 is 60.1 Å². The molecule has 0 radical (unpaired) electrons. The van der Waals surface area contributed by atoms with Gasteiger partial charge in [0, 0.05) is 11.4 Å². The van der Waals surface area contributed by atoms with Crippen LogP contribution >= 0.6 is 0 Å². The molecule has 1 heterocycles. The van der Waals surface area contributed by atoms with Gasteiger partial charge in [0.25, 0.3) is 0 Å². The van der Waals surface area contributed by atoms with Gasteiger partial charge < -0.3 is 20.8 Å². The zero-order chi connectivity index (χ0) is 28.9. The summed E-state index contributed by atoms with van der Waals surface area (Å²) < 4.78 is 0. The summed E-state index contributed by atoms with van der Waals surface area (Å²) in [7, 11) is 0. The summed E-state index contributed by atoms with van der Waals surface area (Å²) in [6, 6.07) is 9.28. The number of nitrogens with one attached hydrogen (secondary N) is 2. The van der Waals surface area contributed by atoms with Gasteiger partial charge in [0.1, 0.15) is 18.5 Å². The van der Waals surface area contributed by atoms with Crippen LogP contribution in [0.15, 0.2) is 48.5 Å². The van der Waals surface area contributed by atoms with E-state index in [1.54, 1.807) is 13.8 Å². The van der Waals surface area contributed by atoms with E-state index in [4.69, 9.17) is 10.2 Å². The predicted octanol–water partition coefficient (Wildman–Crippen LogP) is 2.26. The molecule has 0 atom stereocenters. The fourth-order valence-electron chi connectivity index (χ4n) is 4.14. The number of benzene rings is 2. The maximum Gasteiger partial charge on any atom is 0.335 e. The minimum absolute atomic E-state index is 0.00433. The van der Waals surface area contributed by atoms with Crippen LogP contribution in [0.2, 0.25) is 0 Å². The van der Waals surface area contributed by atoms with Gasteiger partial charge in [0.2, 0.25) is 23.6 Å². The quantitative estimate of drug-likeness (QED) is 0.329. The molecule has 13 heteroatoms. The van der Waals surface area contributed by atoms with Crippen molar-refractivity contribution in [3.63, 3.8) is 0 Å². The van der Waals surface area contributed by atoms with Crippen LogP contribution in [0.1, 0.15) is 47.4 Å². The smallest absolute Gasteiger partial charge is 0.335 e. The van der Waals surface area contributed by atoms with Gasteiger partial charge in [-0.05, 0) is 61.4 Å². The molecule has 4 N–H and O–H groups in total. The van der Waals surface area contributed by atoms with Crippen molar-refractivity contribution in [2.24, 2.45) is 5.41 Å². The minimum Gasteiger partial charge on any atom is -0.478 e. The van der Waals surface area contributed by atoms with E-state index in [0.717, 1.165) is 0 Å². The highest BCUT2D eigenvalue weighted by Gasteiger charge is 2.55. The molecule has 1 saturated heterocycles. The first kappa shape index (κ1) is 28.5. The number of barbiturate groups is 1. The third kappa shape index (κ3) is 5.92. The molecule has 1 aliphatic rings. The standard InChI is InChI=1S/C26H26N4O9/c1-3-26(4-2)23(37)29(13-19(31)27-17-9-5-15(6-10-17)21(33)34)25(39)30(24(26)38)14-20(32)28-18-11-7-16(8-12-18)22(35)36/h5-12H,3-4,13-14H2,1-2H3,(H,27,31)(H,28,32)(H,33,34)(H,35,36). The van der Waals surface area contributed by atoms with E-state index in [0.29, 0.717) is 9.80 Å². The number of carboxylic acid groups (broad SMARTS) is 2. The van der Waals surface area contributed by atoms with Crippen LogP contribution in [0, 0.1) is 5.41 Å². The molecule has 2 aromatic carbocycles. The zero-order valence-electron chi connectivity index (χ0n) is 21.1. The summed E-state index contributed by atoms with van der Waals surface area (Å²) in [6.45, 7) is 1.67. The number of urea groups is 1. The fourth-order valence-corrected chi connectivity index (χ4v) is 4.14. The van der Waals surface area contributed by atoms with Crippen molar-refractivity contribution < 1.29 is 43.8 Å². The summed E-state index contributed by atoms with van der Waals surface area (Å²) in [5.41, 5.74) is -1.23. The number of imide groups is 2. The number of aromatic carboxylic acids is 2. The van der Waals surface area contributed by atoms with Crippen LogP contribution in [-0.2, 0) is 19.2 Å². The molecule has 1 fully saturated rings. The van der Waals surface area contributed by atoms with Crippen LogP contribution in [0.4, 0.5) is 16.2 Å². The second-order valence-corrected chi connectivity index (χ2v) is 8.72. The average Bonchev–Trinajstić information content (AvgIpc) is 2.90. The number of rotatable bonds is 10. The van der Waals surface area contributed by atoms with Crippen LogP contribution in [0.5, 0.6) is 0 Å². The highest BCUT2D eigenvalue weighted by Crippen LogP contribution is 2.36. The molecular formula is C26H26N4O9. The van der Waals surface area contributed by atoms with Crippen molar-refractivity contribution in [2.75, 3.05) is 23.7 Å². The SMILES string of the molecule is CCC1(CC)C(=O)N(CC(=O)Nc2ccc(C(=O)O)cc2)C(=O)N(CC(=O)Nc2ccc(C(=O)O)cc2)C1=O. The third-order valence-electron chi connectivity index (χ3n) is 6.41. The molecule has 2 aromatic rings. The number of carbonyl (C=O) groups is 7. The molecule has 0 unspecified atom stereocenters. The topological polar surface area (TPSA) is 190 Å². The number of carbonyl (C=O) groups excluding carboxylic acids is 5. The maximum atomic E-state index is 13.3. The molecule has 3 rings (SSSR count). The Bertz CT molecular complexity index is 1230. The Morgan fingerprint density at radius 3 is 1.28 bits per heavy atom. The maximum absolute atomic E-state index is 13.3. The normalized spacial score (nSPS) is 14.7. The molecule has 13 nitrogen and oxygen atoms in total. The molecular weight excluding hydrogens is 512 g/mol. The van der Waals surface area contributed by atoms with Crippen molar-refractivity contribution in [1.82, 2.24) is 9.80 Å². The number of carboxylic acids is 2. The molecule has 1 aliphatic heterocycles. The molecule has 39 heavy (non-hydrogen) atoms. The van der Waals surface area contributed by atoms with Crippen LogP contribution in [0.25, 0.3) is 0 Å². The highest BCUT2D eigenvalue weighted by molar-refractivity contribution is 6.21. The Kier molecular flexibility index (Phi) is 8.44. The van der Waals surface area contributed by atoms with Gasteiger partial charge in [-0.25, -0.2) is 14.4 Å². The molecule has 0 bridgehead atoms. The largest absolute Gasteiger partial charge is 0.478 e. The number of hydrogen-bond donors (Lipinski definition) is 4. The van der Waals surface area contributed by atoms with E-state index >= 15 is 0 Å².